The van der Waals surface area contributed by atoms with Crippen molar-refractivity contribution in [3.63, 3.8) is 0 Å². The Balaban J connectivity index is 1.69. The first-order valence-corrected chi connectivity index (χ1v) is 9.05. The molecule has 0 aliphatic rings. The molecular weight excluding hydrogens is 366 g/mol. The first kappa shape index (κ1) is 18.3. The zero-order chi connectivity index (χ0) is 20.2. The summed E-state index contributed by atoms with van der Waals surface area (Å²) in [7, 11) is 0. The number of rotatable bonds is 5. The quantitative estimate of drug-likeness (QED) is 0.406. The molecule has 0 unspecified atom stereocenters. The minimum absolute atomic E-state index is 0.171. The third-order valence-electron chi connectivity index (χ3n) is 4.29. The Kier molecular flexibility index (Phi) is 4.98. The fourth-order valence-corrected chi connectivity index (χ4v) is 2.82. The second-order valence-corrected chi connectivity index (χ2v) is 6.54. The van der Waals surface area contributed by atoms with Gasteiger partial charge >= 0.3 is 0 Å². The van der Waals surface area contributed by atoms with E-state index in [1.54, 1.807) is 13.1 Å². The predicted molar refractivity (Wildman–Crippen MR) is 112 cm³/mol. The highest BCUT2D eigenvalue weighted by Crippen LogP contribution is 2.23. The van der Waals surface area contributed by atoms with Gasteiger partial charge in [0.2, 0.25) is 5.95 Å². The van der Waals surface area contributed by atoms with Crippen LogP contribution in [0.1, 0.15) is 16.8 Å². The summed E-state index contributed by atoms with van der Waals surface area (Å²) >= 11 is 0. The van der Waals surface area contributed by atoms with Gasteiger partial charge in [-0.1, -0.05) is 42.0 Å². The largest absolute Gasteiger partial charge is 0.288 e. The molecule has 144 valence electrons. The van der Waals surface area contributed by atoms with Crippen molar-refractivity contribution in [3.8, 4) is 16.9 Å². The van der Waals surface area contributed by atoms with Crippen LogP contribution in [-0.4, -0.2) is 31.2 Å². The average molecular weight is 385 g/mol. The summed E-state index contributed by atoms with van der Waals surface area (Å²) in [5.41, 5.74) is 7.38. The van der Waals surface area contributed by atoms with Crippen LogP contribution in [0.5, 0.6) is 0 Å². The second kappa shape index (κ2) is 7.89. The molecule has 0 atom stereocenters. The van der Waals surface area contributed by atoms with Crippen molar-refractivity contribution in [1.82, 2.24) is 25.0 Å². The van der Waals surface area contributed by atoms with Crippen LogP contribution in [0.25, 0.3) is 16.9 Å². The van der Waals surface area contributed by atoms with Crippen LogP contribution in [-0.2, 0) is 0 Å². The van der Waals surface area contributed by atoms with E-state index in [-0.39, 0.29) is 11.5 Å². The molecule has 0 aliphatic carbocycles. The van der Waals surface area contributed by atoms with Gasteiger partial charge in [-0.2, -0.15) is 10.2 Å². The molecule has 2 aromatic carbocycles. The second-order valence-electron chi connectivity index (χ2n) is 6.54. The molecule has 0 amide bonds. The van der Waals surface area contributed by atoms with Gasteiger partial charge in [0.05, 0.1) is 11.9 Å². The third kappa shape index (κ3) is 4.11. The number of aromatic nitrogens is 5. The van der Waals surface area contributed by atoms with Crippen molar-refractivity contribution in [2.45, 2.75) is 13.8 Å². The molecular formula is C21H19N7O. The maximum absolute atomic E-state index is 11.6. The van der Waals surface area contributed by atoms with Crippen LogP contribution in [0.3, 0.4) is 0 Å². The number of nitrogens with zero attached hydrogens (tertiary/aromatic N) is 5. The Morgan fingerprint density at radius 2 is 1.90 bits per heavy atom. The lowest BCUT2D eigenvalue weighted by atomic mass is 10.1. The molecule has 4 aromatic rings. The van der Waals surface area contributed by atoms with E-state index in [2.05, 4.69) is 31.8 Å². The van der Waals surface area contributed by atoms with Gasteiger partial charge in [0.25, 0.3) is 5.56 Å². The van der Waals surface area contributed by atoms with Crippen molar-refractivity contribution in [1.29, 1.82) is 0 Å². The smallest absolute Gasteiger partial charge is 0.274 e. The van der Waals surface area contributed by atoms with Crippen LogP contribution in [0, 0.1) is 13.8 Å². The highest BCUT2D eigenvalue weighted by Gasteiger charge is 2.11. The first-order valence-electron chi connectivity index (χ1n) is 9.05. The zero-order valence-electron chi connectivity index (χ0n) is 16.0. The van der Waals surface area contributed by atoms with Gasteiger partial charge in [-0.25, -0.2) is 10.1 Å². The lowest BCUT2D eigenvalue weighted by molar-refractivity contribution is 0.884. The Labute approximate surface area is 167 Å². The van der Waals surface area contributed by atoms with Gasteiger partial charge in [0.15, 0.2) is 0 Å². The number of benzene rings is 2. The topological polar surface area (TPSA) is 101 Å². The Hall–Kier alpha value is -4.07. The third-order valence-corrected chi connectivity index (χ3v) is 4.29. The molecule has 0 saturated carbocycles. The number of hydrogen-bond acceptors (Lipinski definition) is 6. The summed E-state index contributed by atoms with van der Waals surface area (Å²) in [4.78, 5) is 14.2. The van der Waals surface area contributed by atoms with E-state index >= 15 is 0 Å². The van der Waals surface area contributed by atoms with E-state index in [0.717, 1.165) is 28.1 Å². The Morgan fingerprint density at radius 3 is 2.66 bits per heavy atom. The SMILES string of the molecule is Cc1cccc(-c2nn(-c3ccccc3)cc2/C=N\Nc2nnc(C)c(=O)[nH]2)c1. The van der Waals surface area contributed by atoms with Gasteiger partial charge in [-0.15, -0.1) is 10.2 Å². The van der Waals surface area contributed by atoms with Crippen molar-refractivity contribution < 1.29 is 0 Å². The maximum Gasteiger partial charge on any atom is 0.274 e. The minimum atomic E-state index is -0.310. The van der Waals surface area contributed by atoms with Crippen LogP contribution in [0.4, 0.5) is 5.95 Å². The van der Waals surface area contributed by atoms with Crippen molar-refractivity contribution in [2.75, 3.05) is 5.43 Å². The van der Waals surface area contributed by atoms with E-state index in [1.165, 1.54) is 0 Å². The lowest BCUT2D eigenvalue weighted by Crippen LogP contribution is -2.15. The molecule has 2 N–H and O–H groups in total. The van der Waals surface area contributed by atoms with Crippen molar-refractivity contribution >= 4 is 12.2 Å². The summed E-state index contributed by atoms with van der Waals surface area (Å²) in [6.45, 7) is 3.63. The van der Waals surface area contributed by atoms with Crippen molar-refractivity contribution in [3.05, 3.63) is 88.0 Å². The molecule has 0 radical (unpaired) electrons. The molecule has 0 spiro atoms. The molecule has 0 aliphatic heterocycles. The summed E-state index contributed by atoms with van der Waals surface area (Å²) in [5.74, 6) is 0.171. The molecule has 4 rings (SSSR count). The summed E-state index contributed by atoms with van der Waals surface area (Å²) < 4.78 is 1.81. The van der Waals surface area contributed by atoms with E-state index in [9.17, 15) is 4.79 Å². The molecule has 8 heteroatoms. The van der Waals surface area contributed by atoms with Gasteiger partial charge in [0, 0.05) is 17.3 Å². The van der Waals surface area contributed by atoms with Crippen molar-refractivity contribution in [2.24, 2.45) is 5.10 Å². The highest BCUT2D eigenvalue weighted by atomic mass is 16.1. The van der Waals surface area contributed by atoms with Crippen LogP contribution >= 0.6 is 0 Å². The molecule has 8 nitrogen and oxygen atoms in total. The van der Waals surface area contributed by atoms with E-state index in [1.807, 2.05) is 66.3 Å². The molecule has 0 fully saturated rings. The Bertz CT molecular complexity index is 1230. The van der Waals surface area contributed by atoms with Gasteiger partial charge in [0.1, 0.15) is 11.4 Å². The average Bonchev–Trinajstić information content (AvgIpc) is 3.16. The van der Waals surface area contributed by atoms with Gasteiger partial charge < -0.3 is 0 Å². The van der Waals surface area contributed by atoms with Gasteiger partial charge in [-0.3, -0.25) is 9.78 Å². The normalized spacial score (nSPS) is 11.1. The highest BCUT2D eigenvalue weighted by molar-refractivity contribution is 5.89. The number of aryl methyl sites for hydroxylation is 2. The summed E-state index contributed by atoms with van der Waals surface area (Å²) in [5, 5.41) is 16.6. The number of aromatic amines is 1. The number of nitrogens with one attached hydrogen (secondary N) is 2. The van der Waals surface area contributed by atoms with Crippen LogP contribution < -0.4 is 11.0 Å². The standard InChI is InChI=1S/C21H19N7O/c1-14-7-6-8-16(11-14)19-17(13-28(27-19)18-9-4-3-5-10-18)12-22-25-21-23-20(29)15(2)24-26-21/h3-13H,1-2H3,(H2,23,25,26,29)/b22-12-. The predicted octanol–water partition coefficient (Wildman–Crippen LogP) is 3.08. The summed E-state index contributed by atoms with van der Waals surface area (Å²) in [6.07, 6.45) is 3.55. The fourth-order valence-electron chi connectivity index (χ4n) is 2.82. The lowest BCUT2D eigenvalue weighted by Gasteiger charge is -2.01. The number of anilines is 1. The molecule has 0 bridgehead atoms. The Morgan fingerprint density at radius 1 is 1.07 bits per heavy atom. The molecule has 29 heavy (non-hydrogen) atoms. The zero-order valence-corrected chi connectivity index (χ0v) is 16.0. The van der Waals surface area contributed by atoms with Crippen LogP contribution in [0.15, 0.2) is 70.7 Å². The molecule has 0 saturated heterocycles. The number of para-hydroxylation sites is 1. The van der Waals surface area contributed by atoms with E-state index < -0.39 is 0 Å². The van der Waals surface area contributed by atoms with Gasteiger partial charge in [-0.05, 0) is 32.0 Å². The first-order chi connectivity index (χ1) is 14.1. The fraction of sp³-hybridized carbons (Fsp3) is 0.0952. The monoisotopic (exact) mass is 385 g/mol. The van der Waals surface area contributed by atoms with E-state index in [4.69, 9.17) is 5.10 Å². The van der Waals surface area contributed by atoms with E-state index in [0.29, 0.717) is 5.69 Å². The summed E-state index contributed by atoms with van der Waals surface area (Å²) in [6, 6.07) is 18.0. The minimum Gasteiger partial charge on any atom is -0.288 e. The van der Waals surface area contributed by atoms with Crippen LogP contribution in [0.2, 0.25) is 0 Å². The molecule has 2 heterocycles. The number of hydrazone groups is 1. The maximum atomic E-state index is 11.6. The number of hydrogen-bond donors (Lipinski definition) is 2. The molecule has 2 aromatic heterocycles. The number of H-pyrrole nitrogens is 1.